The maximum Gasteiger partial charge on any atom is 0.356 e. The van der Waals surface area contributed by atoms with Crippen LogP contribution in [0.1, 0.15) is 33.2 Å². The number of halogens is 1. The molecule has 2 N–H and O–H groups in total. The molecular weight excluding hydrogens is 500 g/mol. The molecule has 1 amide bonds. The fourth-order valence-electron chi connectivity index (χ4n) is 5.15. The highest BCUT2D eigenvalue weighted by atomic mass is 35.5. The summed E-state index contributed by atoms with van der Waals surface area (Å²) in [6, 6.07) is 24.4. The summed E-state index contributed by atoms with van der Waals surface area (Å²) < 4.78 is 4.94. The van der Waals surface area contributed by atoms with Gasteiger partial charge in [0.15, 0.2) is 0 Å². The number of amides is 1. The molecule has 0 unspecified atom stereocenters. The topological polar surface area (TPSA) is 77.7 Å². The second-order valence-corrected chi connectivity index (χ2v) is 10.1. The summed E-state index contributed by atoms with van der Waals surface area (Å²) in [4.78, 5) is 33.2. The van der Waals surface area contributed by atoms with Crippen LogP contribution in [0, 0.1) is 6.92 Å². The van der Waals surface area contributed by atoms with Gasteiger partial charge in [0.05, 0.1) is 25.4 Å². The highest BCUT2D eigenvalue weighted by Gasteiger charge is 2.28. The Morgan fingerprint density at radius 3 is 2.34 bits per heavy atom. The van der Waals surface area contributed by atoms with E-state index in [-0.39, 0.29) is 24.2 Å². The number of hydrogen-bond donors (Lipinski definition) is 2. The molecule has 1 aliphatic rings. The highest BCUT2D eigenvalue weighted by molar-refractivity contribution is 6.30. The number of H-pyrrole nitrogens is 1. The van der Waals surface area contributed by atoms with Gasteiger partial charge in [0, 0.05) is 42.1 Å². The Kier molecular flexibility index (Phi) is 7.79. The zero-order valence-electron chi connectivity index (χ0n) is 21.5. The molecule has 0 bridgehead atoms. The summed E-state index contributed by atoms with van der Waals surface area (Å²) in [6.07, 6.45) is 0. The number of nitrogens with zero attached hydrogens (tertiary/aromatic N) is 2. The van der Waals surface area contributed by atoms with Crippen LogP contribution in [0.25, 0.3) is 10.9 Å². The van der Waals surface area contributed by atoms with E-state index in [1.165, 1.54) is 18.2 Å². The van der Waals surface area contributed by atoms with Gasteiger partial charge in [0.2, 0.25) is 5.91 Å². The number of aromatic nitrogens is 1. The molecule has 1 saturated heterocycles. The first-order valence-corrected chi connectivity index (χ1v) is 13.1. The third-order valence-corrected chi connectivity index (χ3v) is 7.30. The van der Waals surface area contributed by atoms with Gasteiger partial charge in [-0.25, -0.2) is 4.79 Å². The number of carbonyl (C=O) groups is 2. The van der Waals surface area contributed by atoms with E-state index in [1.807, 2.05) is 43.3 Å². The molecule has 0 aliphatic carbocycles. The van der Waals surface area contributed by atoms with E-state index in [1.54, 1.807) is 0 Å². The monoisotopic (exact) mass is 530 g/mol. The molecule has 1 aromatic heterocycles. The number of anilines is 1. The van der Waals surface area contributed by atoms with E-state index in [2.05, 4.69) is 56.5 Å². The van der Waals surface area contributed by atoms with Crippen molar-refractivity contribution in [2.24, 2.45) is 0 Å². The van der Waals surface area contributed by atoms with Crippen LogP contribution in [0.4, 0.5) is 5.69 Å². The smallest absolute Gasteiger partial charge is 0.356 e. The quantitative estimate of drug-likeness (QED) is 0.319. The molecule has 0 saturated carbocycles. The molecule has 8 heteroatoms. The Hall–Kier alpha value is -3.65. The first-order chi connectivity index (χ1) is 18.4. The number of carbonyl (C=O) groups excluding carboxylic acids is 2. The van der Waals surface area contributed by atoms with E-state index < -0.39 is 5.97 Å². The fourth-order valence-corrected chi connectivity index (χ4v) is 5.27. The maximum atomic E-state index is 13.1. The van der Waals surface area contributed by atoms with Crippen LogP contribution in [0.15, 0.2) is 72.8 Å². The first-order valence-electron chi connectivity index (χ1n) is 12.7. The Bertz CT molecular complexity index is 1430. The van der Waals surface area contributed by atoms with Crippen LogP contribution in [-0.2, 0) is 9.53 Å². The molecule has 2 heterocycles. The Morgan fingerprint density at radius 2 is 1.66 bits per heavy atom. The zero-order chi connectivity index (χ0) is 26.6. The number of rotatable bonds is 7. The number of benzene rings is 3. The van der Waals surface area contributed by atoms with Gasteiger partial charge in [-0.2, -0.15) is 0 Å². The van der Waals surface area contributed by atoms with Crippen molar-refractivity contribution >= 4 is 40.1 Å². The van der Waals surface area contributed by atoms with Crippen LogP contribution in [-0.4, -0.2) is 66.5 Å². The van der Waals surface area contributed by atoms with Crippen LogP contribution in [0.2, 0.25) is 5.02 Å². The van der Waals surface area contributed by atoms with E-state index in [0.717, 1.165) is 47.7 Å². The molecule has 4 aromatic rings. The van der Waals surface area contributed by atoms with Crippen LogP contribution in [0.5, 0.6) is 0 Å². The number of fused-ring (bicyclic) bond motifs is 1. The summed E-state index contributed by atoms with van der Waals surface area (Å²) in [7, 11) is 1.33. The summed E-state index contributed by atoms with van der Waals surface area (Å²) in [6.45, 7) is 5.35. The van der Waals surface area contributed by atoms with Gasteiger partial charge in [-0.05, 0) is 42.3 Å². The van der Waals surface area contributed by atoms with Crippen molar-refractivity contribution in [3.8, 4) is 0 Å². The lowest BCUT2D eigenvalue weighted by molar-refractivity contribution is -0.117. The number of hydrogen-bond acceptors (Lipinski definition) is 5. The van der Waals surface area contributed by atoms with Crippen molar-refractivity contribution in [2.75, 3.05) is 45.2 Å². The minimum absolute atomic E-state index is 0.113. The van der Waals surface area contributed by atoms with E-state index in [0.29, 0.717) is 5.69 Å². The standard InChI is InChI=1S/C30H31ClN4O3/c1-20-8-13-25-24(18-20)27(28(32-25)30(37)38-2)33-26(36)19-34-14-16-35(17-15-34)29(21-6-4-3-5-7-21)22-9-11-23(31)12-10-22/h3-13,18,29,32H,14-17,19H2,1-2H3,(H,33,36)/t29-/m0/s1. The van der Waals surface area contributed by atoms with Crippen molar-refractivity contribution in [3.63, 3.8) is 0 Å². The molecule has 5 rings (SSSR count). The third kappa shape index (κ3) is 5.60. The van der Waals surface area contributed by atoms with Crippen molar-refractivity contribution in [1.82, 2.24) is 14.8 Å². The molecule has 0 spiro atoms. The SMILES string of the molecule is COC(=O)c1[nH]c2ccc(C)cc2c1NC(=O)CN1CCN([C@@H](c2ccccc2)c2ccc(Cl)cc2)CC1. The molecular formula is C30H31ClN4O3. The summed E-state index contributed by atoms with van der Waals surface area (Å²) in [5, 5.41) is 4.48. The first kappa shape index (κ1) is 26.0. The van der Waals surface area contributed by atoms with Crippen molar-refractivity contribution in [3.05, 3.63) is 100 Å². The average Bonchev–Trinajstić information content (AvgIpc) is 3.28. The predicted octanol–water partition coefficient (Wildman–Crippen LogP) is 5.26. The Labute approximate surface area is 227 Å². The molecule has 1 aliphatic heterocycles. The van der Waals surface area contributed by atoms with Gasteiger partial charge in [-0.15, -0.1) is 0 Å². The Morgan fingerprint density at radius 1 is 0.974 bits per heavy atom. The summed E-state index contributed by atoms with van der Waals surface area (Å²) in [5.41, 5.74) is 4.94. The zero-order valence-corrected chi connectivity index (χ0v) is 22.3. The fraction of sp³-hybridized carbons (Fsp3) is 0.267. The minimum Gasteiger partial charge on any atom is -0.464 e. The van der Waals surface area contributed by atoms with E-state index in [4.69, 9.17) is 16.3 Å². The summed E-state index contributed by atoms with van der Waals surface area (Å²) >= 11 is 6.16. The lowest BCUT2D eigenvalue weighted by atomic mass is 9.96. The molecule has 3 aromatic carbocycles. The molecule has 38 heavy (non-hydrogen) atoms. The Balaban J connectivity index is 1.28. The summed E-state index contributed by atoms with van der Waals surface area (Å²) in [5.74, 6) is -0.680. The number of piperazine rings is 1. The van der Waals surface area contributed by atoms with Crippen LogP contribution >= 0.6 is 11.6 Å². The van der Waals surface area contributed by atoms with Gasteiger partial charge in [0.25, 0.3) is 0 Å². The van der Waals surface area contributed by atoms with Crippen molar-refractivity contribution in [2.45, 2.75) is 13.0 Å². The number of aryl methyl sites for hydroxylation is 1. The van der Waals surface area contributed by atoms with E-state index in [9.17, 15) is 9.59 Å². The largest absolute Gasteiger partial charge is 0.464 e. The van der Waals surface area contributed by atoms with Gasteiger partial charge in [-0.3, -0.25) is 14.6 Å². The van der Waals surface area contributed by atoms with Crippen molar-refractivity contribution in [1.29, 1.82) is 0 Å². The number of esters is 1. The van der Waals surface area contributed by atoms with Gasteiger partial charge in [-0.1, -0.05) is 65.7 Å². The number of nitrogens with one attached hydrogen (secondary N) is 2. The molecule has 1 atom stereocenters. The number of aromatic amines is 1. The predicted molar refractivity (Wildman–Crippen MR) is 151 cm³/mol. The molecule has 7 nitrogen and oxygen atoms in total. The third-order valence-electron chi connectivity index (χ3n) is 7.05. The molecule has 196 valence electrons. The van der Waals surface area contributed by atoms with Crippen LogP contribution < -0.4 is 5.32 Å². The minimum atomic E-state index is -0.517. The number of methoxy groups -OCH3 is 1. The van der Waals surface area contributed by atoms with Gasteiger partial charge >= 0.3 is 5.97 Å². The lowest BCUT2D eigenvalue weighted by Crippen LogP contribution is -2.49. The van der Waals surface area contributed by atoms with Gasteiger partial charge in [0.1, 0.15) is 5.69 Å². The molecule has 1 fully saturated rings. The maximum absolute atomic E-state index is 13.1. The van der Waals surface area contributed by atoms with Gasteiger partial charge < -0.3 is 15.0 Å². The lowest BCUT2D eigenvalue weighted by Gasteiger charge is -2.39. The molecule has 0 radical (unpaired) electrons. The van der Waals surface area contributed by atoms with Crippen molar-refractivity contribution < 1.29 is 14.3 Å². The number of ether oxygens (including phenoxy) is 1. The highest BCUT2D eigenvalue weighted by Crippen LogP contribution is 2.31. The second kappa shape index (κ2) is 11.4. The average molecular weight is 531 g/mol. The van der Waals surface area contributed by atoms with Crippen LogP contribution in [0.3, 0.4) is 0 Å². The van der Waals surface area contributed by atoms with E-state index >= 15 is 0 Å². The normalized spacial score (nSPS) is 15.3. The second-order valence-electron chi connectivity index (χ2n) is 9.64.